The van der Waals surface area contributed by atoms with Crippen LogP contribution in [0.3, 0.4) is 0 Å². The predicted molar refractivity (Wildman–Crippen MR) is 129 cm³/mol. The second kappa shape index (κ2) is 9.38. The Morgan fingerprint density at radius 1 is 1.03 bits per heavy atom. The fourth-order valence-corrected chi connectivity index (χ4v) is 4.41. The monoisotopic (exact) mass is 527 g/mol. The van der Waals surface area contributed by atoms with E-state index >= 15 is 0 Å². The Labute approximate surface area is 203 Å². The average Bonchev–Trinajstić information content (AvgIpc) is 3.22. The third-order valence-corrected chi connectivity index (χ3v) is 6.25. The molecule has 1 N–H and O–H groups in total. The number of aryl methyl sites for hydroxylation is 1. The Morgan fingerprint density at radius 3 is 2.68 bits per heavy atom. The van der Waals surface area contributed by atoms with Gasteiger partial charge in [-0.1, -0.05) is 22.0 Å². The zero-order valence-corrected chi connectivity index (χ0v) is 19.7. The highest BCUT2D eigenvalue weighted by Gasteiger charge is 2.33. The van der Waals surface area contributed by atoms with Gasteiger partial charge in [0.05, 0.1) is 24.3 Å². The van der Waals surface area contributed by atoms with E-state index in [1.165, 1.54) is 11.0 Å². The van der Waals surface area contributed by atoms with Gasteiger partial charge in [0.15, 0.2) is 11.5 Å². The molecule has 0 radical (unpaired) electrons. The van der Waals surface area contributed by atoms with Crippen molar-refractivity contribution in [3.8, 4) is 11.5 Å². The van der Waals surface area contributed by atoms with Crippen LogP contribution in [0.4, 0.5) is 10.5 Å². The first-order valence-electron chi connectivity index (χ1n) is 10.9. The topological polar surface area (TPSA) is 99.1 Å². The fraction of sp³-hybridized carbons (Fsp3) is 0.292. The number of cyclic esters (lactones) is 1. The summed E-state index contributed by atoms with van der Waals surface area (Å²) in [5, 5.41) is 3.72. The summed E-state index contributed by atoms with van der Waals surface area (Å²) in [6.07, 6.45) is -0.845. The number of halogens is 1. The van der Waals surface area contributed by atoms with Crippen molar-refractivity contribution in [2.24, 2.45) is 0 Å². The van der Waals surface area contributed by atoms with Gasteiger partial charge in [0.1, 0.15) is 19.3 Å². The number of benzene rings is 2. The summed E-state index contributed by atoms with van der Waals surface area (Å²) in [5.41, 5.74) is 1.23. The minimum Gasteiger partial charge on any atom is -0.486 e. The van der Waals surface area contributed by atoms with Crippen LogP contribution in [-0.2, 0) is 16.1 Å². The molecule has 5 rings (SSSR count). The van der Waals surface area contributed by atoms with Gasteiger partial charge in [-0.15, -0.1) is 0 Å². The third-order valence-electron chi connectivity index (χ3n) is 5.76. The van der Waals surface area contributed by atoms with Gasteiger partial charge < -0.3 is 24.1 Å². The molecule has 2 aliphatic heterocycles. The summed E-state index contributed by atoms with van der Waals surface area (Å²) < 4.78 is 19.0. The number of pyridine rings is 1. The number of nitrogens with zero attached hydrogens (tertiary/aromatic N) is 2. The number of nitrogens with one attached hydrogen (secondary N) is 1. The molecule has 3 heterocycles. The van der Waals surface area contributed by atoms with Crippen LogP contribution in [0, 0.1) is 0 Å². The minimum atomic E-state index is -0.485. The van der Waals surface area contributed by atoms with E-state index in [1.807, 2.05) is 18.2 Å². The Morgan fingerprint density at radius 2 is 1.82 bits per heavy atom. The van der Waals surface area contributed by atoms with Gasteiger partial charge in [-0.2, -0.15) is 0 Å². The third kappa shape index (κ3) is 4.58. The molecule has 1 unspecified atom stereocenters. The van der Waals surface area contributed by atoms with E-state index in [-0.39, 0.29) is 31.0 Å². The number of aromatic nitrogens is 1. The lowest BCUT2D eigenvalue weighted by Crippen LogP contribution is -2.35. The Hall–Kier alpha value is -3.53. The van der Waals surface area contributed by atoms with Crippen molar-refractivity contribution >= 4 is 44.5 Å². The normalized spacial score (nSPS) is 17.0. The molecule has 0 spiro atoms. The summed E-state index contributed by atoms with van der Waals surface area (Å²) in [5.74, 6) is 1.00. The molecule has 1 fully saturated rings. The molecular weight excluding hydrogens is 506 g/mol. The first-order valence-corrected chi connectivity index (χ1v) is 11.7. The van der Waals surface area contributed by atoms with Crippen molar-refractivity contribution in [3.63, 3.8) is 0 Å². The van der Waals surface area contributed by atoms with Crippen LogP contribution < -0.4 is 25.2 Å². The number of fused-ring (bicyclic) bond motifs is 2. The van der Waals surface area contributed by atoms with E-state index in [0.717, 1.165) is 15.4 Å². The maximum absolute atomic E-state index is 12.5. The molecular formula is C24H22BrN3O6. The van der Waals surface area contributed by atoms with Crippen molar-refractivity contribution in [2.75, 3.05) is 31.2 Å². The van der Waals surface area contributed by atoms with Gasteiger partial charge in [-0.25, -0.2) is 4.79 Å². The summed E-state index contributed by atoms with van der Waals surface area (Å²) in [4.78, 5) is 38.7. The molecule has 0 saturated carbocycles. The molecule has 176 valence electrons. The fourth-order valence-electron chi connectivity index (χ4n) is 4.06. The maximum Gasteiger partial charge on any atom is 0.414 e. The van der Waals surface area contributed by atoms with E-state index in [2.05, 4.69) is 21.2 Å². The molecule has 1 atom stereocenters. The van der Waals surface area contributed by atoms with Gasteiger partial charge in [-0.05, 0) is 35.7 Å². The second-order valence-corrected chi connectivity index (χ2v) is 8.94. The summed E-state index contributed by atoms with van der Waals surface area (Å²) in [7, 11) is 0. The lowest BCUT2D eigenvalue weighted by atomic mass is 10.2. The highest BCUT2D eigenvalue weighted by Crippen LogP contribution is 2.35. The van der Waals surface area contributed by atoms with Crippen LogP contribution in [0.2, 0.25) is 0 Å². The van der Waals surface area contributed by atoms with Crippen molar-refractivity contribution in [3.05, 3.63) is 63.4 Å². The number of ether oxygens (including phenoxy) is 3. The SMILES string of the molecule is O=C(CCn1c(=O)ccc2ccc(Br)cc21)NCC1CN(c2ccc3c(c2)OCCO3)C(=O)O1. The van der Waals surface area contributed by atoms with Crippen LogP contribution in [0.1, 0.15) is 6.42 Å². The molecule has 2 aromatic carbocycles. The molecule has 0 aliphatic carbocycles. The second-order valence-electron chi connectivity index (χ2n) is 8.02. The quantitative estimate of drug-likeness (QED) is 0.528. The number of carbonyl (C=O) groups is 2. The van der Waals surface area contributed by atoms with Crippen molar-refractivity contribution < 1.29 is 23.8 Å². The summed E-state index contributed by atoms with van der Waals surface area (Å²) in [6.45, 7) is 1.67. The first kappa shape index (κ1) is 22.3. The van der Waals surface area contributed by atoms with Gasteiger partial charge in [0, 0.05) is 29.6 Å². The number of hydrogen-bond acceptors (Lipinski definition) is 6. The molecule has 2 amide bonds. The molecule has 10 heteroatoms. The van der Waals surface area contributed by atoms with Gasteiger partial charge >= 0.3 is 6.09 Å². The van der Waals surface area contributed by atoms with E-state index in [4.69, 9.17) is 14.2 Å². The van der Waals surface area contributed by atoms with Gasteiger partial charge in [0.25, 0.3) is 5.56 Å². The predicted octanol–water partition coefficient (Wildman–Crippen LogP) is 3.07. The van der Waals surface area contributed by atoms with E-state index < -0.39 is 12.2 Å². The van der Waals surface area contributed by atoms with Gasteiger partial charge in [-0.3, -0.25) is 14.5 Å². The Bertz CT molecular complexity index is 1320. The minimum absolute atomic E-state index is 0.123. The number of hydrogen-bond donors (Lipinski definition) is 1. The van der Waals surface area contributed by atoms with Crippen LogP contribution in [0.15, 0.2) is 57.8 Å². The standard InChI is InChI=1S/C24H22BrN3O6/c25-16-3-1-15-2-6-23(30)27(19(15)11-16)8-7-22(29)26-13-18-14-28(24(31)34-18)17-4-5-20-21(12-17)33-10-9-32-20/h1-6,11-12,18H,7-10,13-14H2,(H,26,29). The molecule has 3 aromatic rings. The summed E-state index contributed by atoms with van der Waals surface area (Å²) >= 11 is 3.43. The number of rotatable bonds is 6. The maximum atomic E-state index is 12.5. The van der Waals surface area contributed by atoms with Crippen molar-refractivity contribution in [1.82, 2.24) is 9.88 Å². The number of amides is 2. The van der Waals surface area contributed by atoms with Crippen molar-refractivity contribution in [1.29, 1.82) is 0 Å². The number of anilines is 1. The summed E-state index contributed by atoms with van der Waals surface area (Å²) in [6, 6.07) is 14.2. The molecule has 34 heavy (non-hydrogen) atoms. The highest BCUT2D eigenvalue weighted by atomic mass is 79.9. The van der Waals surface area contributed by atoms with E-state index in [0.29, 0.717) is 36.9 Å². The van der Waals surface area contributed by atoms with E-state index in [1.54, 1.807) is 28.8 Å². The molecule has 9 nitrogen and oxygen atoms in total. The van der Waals surface area contributed by atoms with Crippen LogP contribution in [0.5, 0.6) is 11.5 Å². The lowest BCUT2D eigenvalue weighted by Gasteiger charge is -2.21. The molecule has 2 aliphatic rings. The molecule has 0 bridgehead atoms. The molecule has 1 saturated heterocycles. The average molecular weight is 528 g/mol. The first-order chi connectivity index (χ1) is 16.5. The zero-order chi connectivity index (χ0) is 23.7. The zero-order valence-electron chi connectivity index (χ0n) is 18.2. The number of carbonyl (C=O) groups excluding carboxylic acids is 2. The Balaban J connectivity index is 1.17. The van der Waals surface area contributed by atoms with E-state index in [9.17, 15) is 14.4 Å². The van der Waals surface area contributed by atoms with Crippen molar-refractivity contribution in [2.45, 2.75) is 19.1 Å². The smallest absolute Gasteiger partial charge is 0.414 e. The van der Waals surface area contributed by atoms with Crippen LogP contribution in [0.25, 0.3) is 10.9 Å². The van der Waals surface area contributed by atoms with Gasteiger partial charge in [0.2, 0.25) is 5.91 Å². The largest absolute Gasteiger partial charge is 0.486 e. The Kier molecular flexibility index (Phi) is 6.14. The van der Waals surface area contributed by atoms with Crippen LogP contribution in [-0.4, -0.2) is 49.0 Å². The molecule has 1 aromatic heterocycles. The lowest BCUT2D eigenvalue weighted by molar-refractivity contribution is -0.121. The highest BCUT2D eigenvalue weighted by molar-refractivity contribution is 9.10. The van der Waals surface area contributed by atoms with Crippen LogP contribution >= 0.6 is 15.9 Å².